The Labute approximate surface area is 116 Å². The van der Waals surface area contributed by atoms with Gasteiger partial charge in [-0.3, -0.25) is 9.74 Å². The van der Waals surface area contributed by atoms with Crippen LogP contribution in [0.5, 0.6) is 0 Å². The molecule has 1 rings (SSSR count). The molecule has 0 saturated carbocycles. The van der Waals surface area contributed by atoms with Gasteiger partial charge in [-0.05, 0) is 55.5 Å². The van der Waals surface area contributed by atoms with E-state index >= 15 is 0 Å². The maximum atomic E-state index is 11.8. The van der Waals surface area contributed by atoms with Crippen molar-refractivity contribution >= 4 is 5.97 Å². The molecule has 0 aromatic carbocycles. The molecule has 5 nitrogen and oxygen atoms in total. The first-order valence-electron chi connectivity index (χ1n) is 6.70. The van der Waals surface area contributed by atoms with Crippen molar-refractivity contribution in [2.75, 3.05) is 14.2 Å². The van der Waals surface area contributed by atoms with Crippen LogP contribution in [0.2, 0.25) is 0 Å². The van der Waals surface area contributed by atoms with E-state index in [-0.39, 0.29) is 17.2 Å². The third kappa shape index (κ3) is 2.51. The van der Waals surface area contributed by atoms with E-state index in [2.05, 4.69) is 46.6 Å². The fourth-order valence-corrected chi connectivity index (χ4v) is 2.71. The zero-order chi connectivity index (χ0) is 15.2. The van der Waals surface area contributed by atoms with Crippen molar-refractivity contribution in [3.63, 3.8) is 0 Å². The molecule has 1 saturated heterocycles. The lowest BCUT2D eigenvalue weighted by molar-refractivity contribution is -0.303. The summed E-state index contributed by atoms with van der Waals surface area (Å²) in [5.41, 5.74) is -1.51. The molecule has 5 heteroatoms. The fraction of sp³-hybridized carbons (Fsp3) is 0.929. The Morgan fingerprint density at radius 2 is 1.68 bits per heavy atom. The first-order chi connectivity index (χ1) is 8.39. The third-order valence-corrected chi connectivity index (χ3v) is 4.48. The Balaban J connectivity index is 3.08. The number of esters is 1. The number of likely N-dealkylation sites (N-methyl/N-ethyl adjacent to an activating group) is 1. The predicted molar refractivity (Wildman–Crippen MR) is 74.4 cm³/mol. The van der Waals surface area contributed by atoms with E-state index < -0.39 is 5.60 Å². The van der Waals surface area contributed by atoms with Crippen LogP contribution in [0.1, 0.15) is 48.5 Å². The van der Waals surface area contributed by atoms with Crippen LogP contribution in [0.4, 0.5) is 0 Å². The molecule has 1 atom stereocenters. The van der Waals surface area contributed by atoms with E-state index in [1.54, 1.807) is 13.8 Å². The van der Waals surface area contributed by atoms with Crippen molar-refractivity contribution in [1.29, 1.82) is 0 Å². The molecule has 0 aliphatic carbocycles. The smallest absolute Gasteiger partial charge is 0.339 e. The number of ether oxygens (including phenoxy) is 1. The summed E-state index contributed by atoms with van der Waals surface area (Å²) >= 11 is 0. The molecule has 1 fully saturated rings. The van der Waals surface area contributed by atoms with E-state index in [1.807, 2.05) is 5.06 Å². The van der Waals surface area contributed by atoms with Gasteiger partial charge in [0.25, 0.3) is 0 Å². The highest BCUT2D eigenvalue weighted by Crippen LogP contribution is 2.42. The van der Waals surface area contributed by atoms with Crippen molar-refractivity contribution in [2.45, 2.75) is 71.3 Å². The lowest BCUT2D eigenvalue weighted by Gasteiger charge is -2.43. The van der Waals surface area contributed by atoms with E-state index in [0.29, 0.717) is 6.04 Å². The Morgan fingerprint density at radius 1 is 1.21 bits per heavy atom. The average molecular weight is 272 g/mol. The number of hydrogen-bond acceptors (Lipinski definition) is 5. The summed E-state index contributed by atoms with van der Waals surface area (Å²) in [5.74, 6) is -0.374. The number of rotatable bonds is 3. The van der Waals surface area contributed by atoms with Crippen LogP contribution in [0, 0.1) is 0 Å². The minimum absolute atomic E-state index is 0.205. The monoisotopic (exact) mass is 272 g/mol. The second-order valence-electron chi connectivity index (χ2n) is 6.82. The number of hydrogen-bond donors (Lipinski definition) is 0. The Bertz CT molecular complexity index is 344. The lowest BCUT2D eigenvalue weighted by Crippen LogP contribution is -2.56. The van der Waals surface area contributed by atoms with Crippen molar-refractivity contribution in [3.05, 3.63) is 0 Å². The van der Waals surface area contributed by atoms with Gasteiger partial charge in [0, 0.05) is 6.04 Å². The maximum Gasteiger partial charge on any atom is 0.339 e. The largest absolute Gasteiger partial charge is 0.467 e. The minimum atomic E-state index is -1.01. The molecule has 0 aromatic rings. The number of carbonyl (C=O) groups is 1. The van der Waals surface area contributed by atoms with Crippen LogP contribution in [0.15, 0.2) is 0 Å². The zero-order valence-electron chi connectivity index (χ0n) is 13.7. The summed E-state index contributed by atoms with van der Waals surface area (Å²) in [6.07, 6.45) is 0. The van der Waals surface area contributed by atoms with Crippen molar-refractivity contribution in [1.82, 2.24) is 9.96 Å². The van der Waals surface area contributed by atoms with Crippen LogP contribution in [-0.2, 0) is 14.4 Å². The number of hydroxylamine groups is 2. The van der Waals surface area contributed by atoms with Crippen LogP contribution >= 0.6 is 0 Å². The molecule has 1 aliphatic rings. The molecule has 1 unspecified atom stereocenters. The Kier molecular flexibility index (Phi) is 4.07. The summed E-state index contributed by atoms with van der Waals surface area (Å²) < 4.78 is 4.81. The molecule has 19 heavy (non-hydrogen) atoms. The molecular weight excluding hydrogens is 244 g/mol. The first kappa shape index (κ1) is 16.4. The van der Waals surface area contributed by atoms with Gasteiger partial charge in [0.1, 0.15) is 0 Å². The van der Waals surface area contributed by atoms with Gasteiger partial charge in [0.2, 0.25) is 0 Å². The van der Waals surface area contributed by atoms with Gasteiger partial charge in [0.15, 0.2) is 5.60 Å². The zero-order valence-corrected chi connectivity index (χ0v) is 13.7. The highest BCUT2D eigenvalue weighted by atomic mass is 16.7. The fourth-order valence-electron chi connectivity index (χ4n) is 2.71. The summed E-state index contributed by atoms with van der Waals surface area (Å²) in [5, 5.41) is 1.92. The third-order valence-electron chi connectivity index (χ3n) is 4.48. The predicted octanol–water partition coefficient (Wildman–Crippen LogP) is 2.02. The lowest BCUT2D eigenvalue weighted by atomic mass is 9.97. The average Bonchev–Trinajstić information content (AvgIpc) is 2.41. The normalized spacial score (nSPS) is 27.5. The first-order valence-corrected chi connectivity index (χ1v) is 6.70. The van der Waals surface area contributed by atoms with Crippen molar-refractivity contribution < 1.29 is 14.4 Å². The van der Waals surface area contributed by atoms with Crippen molar-refractivity contribution in [2.24, 2.45) is 0 Å². The maximum absolute atomic E-state index is 11.8. The van der Waals surface area contributed by atoms with Crippen LogP contribution in [0.3, 0.4) is 0 Å². The second kappa shape index (κ2) is 4.72. The highest BCUT2D eigenvalue weighted by molar-refractivity contribution is 5.78. The second-order valence-corrected chi connectivity index (χ2v) is 6.82. The van der Waals surface area contributed by atoms with Gasteiger partial charge in [-0.1, -0.05) is 0 Å². The molecule has 0 amide bonds. The van der Waals surface area contributed by atoms with E-state index in [9.17, 15) is 4.79 Å². The van der Waals surface area contributed by atoms with Crippen LogP contribution < -0.4 is 0 Å². The van der Waals surface area contributed by atoms with E-state index in [4.69, 9.17) is 9.57 Å². The van der Waals surface area contributed by atoms with Gasteiger partial charge >= 0.3 is 5.97 Å². The SMILES string of the molecule is COC(=O)C(C)(C)ON1C(C)(C)C(C)N(C)C1(C)C. The molecule has 0 aromatic heterocycles. The summed E-state index contributed by atoms with van der Waals surface area (Å²) in [6.45, 7) is 14.0. The molecule has 112 valence electrons. The summed E-state index contributed by atoms with van der Waals surface area (Å²) in [7, 11) is 3.45. The Hall–Kier alpha value is -0.650. The topological polar surface area (TPSA) is 42.0 Å². The number of carbonyl (C=O) groups excluding carboxylic acids is 1. The van der Waals surface area contributed by atoms with Gasteiger partial charge in [-0.2, -0.15) is 5.06 Å². The highest BCUT2D eigenvalue weighted by Gasteiger charge is 2.56. The molecule has 0 N–H and O–H groups in total. The van der Waals surface area contributed by atoms with Gasteiger partial charge < -0.3 is 4.74 Å². The van der Waals surface area contributed by atoms with Crippen molar-refractivity contribution in [3.8, 4) is 0 Å². The summed E-state index contributed by atoms with van der Waals surface area (Å²) in [4.78, 5) is 20.1. The van der Waals surface area contributed by atoms with Crippen LogP contribution in [0.25, 0.3) is 0 Å². The quantitative estimate of drug-likeness (QED) is 0.735. The van der Waals surface area contributed by atoms with E-state index in [1.165, 1.54) is 7.11 Å². The molecule has 1 aliphatic heterocycles. The standard InChI is InChI=1S/C14H28N2O3/c1-10-12(2,3)16(14(6,7)15(10)8)19-13(4,5)11(17)18-9/h10H,1-9H3. The van der Waals surface area contributed by atoms with Crippen LogP contribution in [-0.4, -0.2) is 52.9 Å². The van der Waals surface area contributed by atoms with E-state index in [0.717, 1.165) is 0 Å². The number of nitrogens with zero attached hydrogens (tertiary/aromatic N) is 2. The summed E-state index contributed by atoms with van der Waals surface area (Å²) in [6, 6.07) is 0.302. The molecule has 1 heterocycles. The molecule has 0 spiro atoms. The van der Waals surface area contributed by atoms with Gasteiger partial charge in [-0.25, -0.2) is 4.79 Å². The molecule has 0 radical (unpaired) electrons. The van der Waals surface area contributed by atoms with Gasteiger partial charge in [0.05, 0.1) is 18.3 Å². The van der Waals surface area contributed by atoms with Gasteiger partial charge in [-0.15, -0.1) is 0 Å². The number of methoxy groups -OCH3 is 1. The molecule has 0 bridgehead atoms. The minimum Gasteiger partial charge on any atom is -0.467 e. The molecular formula is C14H28N2O3. The Morgan fingerprint density at radius 3 is 2.00 bits per heavy atom.